The second-order valence-corrected chi connectivity index (χ2v) is 5.92. The largest absolute Gasteiger partial charge is 0.493 e. The van der Waals surface area contributed by atoms with Gasteiger partial charge >= 0.3 is 0 Å². The third-order valence-corrected chi connectivity index (χ3v) is 4.17. The number of hydrogen-bond acceptors (Lipinski definition) is 3. The van der Waals surface area contributed by atoms with Gasteiger partial charge in [-0.05, 0) is 37.0 Å². The Morgan fingerprint density at radius 3 is 2.52 bits per heavy atom. The van der Waals surface area contributed by atoms with E-state index in [4.69, 9.17) is 9.47 Å². The highest BCUT2D eigenvalue weighted by Crippen LogP contribution is 2.28. The van der Waals surface area contributed by atoms with E-state index in [0.29, 0.717) is 11.5 Å². The molecule has 0 atom stereocenters. The fourth-order valence-corrected chi connectivity index (χ4v) is 2.85. The fraction of sp³-hybridized carbons (Fsp3) is 0.526. The first-order valence-electron chi connectivity index (χ1n) is 8.43. The van der Waals surface area contributed by atoms with Gasteiger partial charge in [-0.3, -0.25) is 4.79 Å². The first-order valence-corrected chi connectivity index (χ1v) is 8.43. The van der Waals surface area contributed by atoms with Gasteiger partial charge in [-0.1, -0.05) is 31.4 Å². The van der Waals surface area contributed by atoms with Gasteiger partial charge in [0.1, 0.15) is 0 Å². The van der Waals surface area contributed by atoms with E-state index >= 15 is 0 Å². The second kappa shape index (κ2) is 9.23. The molecule has 0 unspecified atom stereocenters. The summed E-state index contributed by atoms with van der Waals surface area (Å²) in [6.07, 6.45) is 8.51. The van der Waals surface area contributed by atoms with Gasteiger partial charge in [0.2, 0.25) is 0 Å². The molecule has 4 nitrogen and oxygen atoms in total. The minimum absolute atomic E-state index is 0.0594. The summed E-state index contributed by atoms with van der Waals surface area (Å²) in [6, 6.07) is 5.76. The Bertz CT molecular complexity index is 519. The van der Waals surface area contributed by atoms with Gasteiger partial charge < -0.3 is 14.4 Å². The third kappa shape index (κ3) is 5.31. The molecule has 1 fully saturated rings. The number of rotatable bonds is 6. The van der Waals surface area contributed by atoms with Crippen molar-refractivity contribution in [1.82, 2.24) is 4.90 Å². The Balaban J connectivity index is 1.93. The molecule has 0 saturated carbocycles. The number of hydrogen-bond donors (Lipinski definition) is 0. The van der Waals surface area contributed by atoms with E-state index in [-0.39, 0.29) is 12.5 Å². The van der Waals surface area contributed by atoms with Gasteiger partial charge in [0, 0.05) is 13.1 Å². The molecule has 0 spiro atoms. The van der Waals surface area contributed by atoms with E-state index in [1.807, 2.05) is 29.2 Å². The van der Waals surface area contributed by atoms with E-state index in [1.54, 1.807) is 7.11 Å². The van der Waals surface area contributed by atoms with Gasteiger partial charge in [-0.2, -0.15) is 0 Å². The van der Waals surface area contributed by atoms with Crippen LogP contribution in [0.2, 0.25) is 0 Å². The maximum atomic E-state index is 12.4. The molecule has 1 aliphatic rings. The first kappa shape index (κ1) is 17.4. The molecule has 0 aromatic heterocycles. The lowest BCUT2D eigenvalue weighted by atomic mass is 10.1. The van der Waals surface area contributed by atoms with E-state index in [0.717, 1.165) is 37.9 Å². The van der Waals surface area contributed by atoms with Crippen LogP contribution in [0.15, 0.2) is 30.9 Å². The fourth-order valence-electron chi connectivity index (χ4n) is 2.85. The number of methoxy groups -OCH3 is 1. The summed E-state index contributed by atoms with van der Waals surface area (Å²) >= 11 is 0. The minimum atomic E-state index is 0.0594. The second-order valence-electron chi connectivity index (χ2n) is 5.92. The number of ether oxygens (including phenoxy) is 2. The number of carbonyl (C=O) groups excluding carboxylic acids is 1. The zero-order valence-corrected chi connectivity index (χ0v) is 14.1. The maximum Gasteiger partial charge on any atom is 0.260 e. The van der Waals surface area contributed by atoms with Crippen LogP contribution in [0.1, 0.15) is 37.7 Å². The molecule has 0 bridgehead atoms. The Hall–Kier alpha value is -1.97. The maximum absolute atomic E-state index is 12.4. The molecular weight excluding hydrogens is 290 g/mol. The summed E-state index contributed by atoms with van der Waals surface area (Å²) in [5.41, 5.74) is 1.11. The molecule has 4 heteroatoms. The highest BCUT2D eigenvalue weighted by atomic mass is 16.5. The Kier molecular flexibility index (Phi) is 6.98. The molecule has 1 aliphatic heterocycles. The van der Waals surface area contributed by atoms with Crippen molar-refractivity contribution >= 4 is 5.91 Å². The zero-order valence-electron chi connectivity index (χ0n) is 14.1. The molecule has 126 valence electrons. The van der Waals surface area contributed by atoms with Crippen molar-refractivity contribution < 1.29 is 14.3 Å². The molecule has 1 amide bonds. The van der Waals surface area contributed by atoms with Gasteiger partial charge in [-0.15, -0.1) is 6.58 Å². The van der Waals surface area contributed by atoms with Crippen molar-refractivity contribution in [3.63, 3.8) is 0 Å². The van der Waals surface area contributed by atoms with Gasteiger partial charge in [-0.25, -0.2) is 0 Å². The lowest BCUT2D eigenvalue weighted by molar-refractivity contribution is -0.133. The number of amides is 1. The van der Waals surface area contributed by atoms with Gasteiger partial charge in [0.15, 0.2) is 18.1 Å². The van der Waals surface area contributed by atoms with Crippen molar-refractivity contribution in [3.8, 4) is 11.5 Å². The topological polar surface area (TPSA) is 38.8 Å². The molecule has 1 aromatic rings. The van der Waals surface area contributed by atoms with Crippen LogP contribution in [-0.4, -0.2) is 37.6 Å². The van der Waals surface area contributed by atoms with Crippen LogP contribution < -0.4 is 9.47 Å². The van der Waals surface area contributed by atoms with Crippen molar-refractivity contribution in [1.29, 1.82) is 0 Å². The summed E-state index contributed by atoms with van der Waals surface area (Å²) in [4.78, 5) is 14.3. The quantitative estimate of drug-likeness (QED) is 0.753. The molecule has 0 aliphatic carbocycles. The lowest BCUT2D eigenvalue weighted by Gasteiger charge is -2.25. The summed E-state index contributed by atoms with van der Waals surface area (Å²) < 4.78 is 11.1. The summed E-state index contributed by atoms with van der Waals surface area (Å²) in [5, 5.41) is 0. The van der Waals surface area contributed by atoms with Crippen LogP contribution in [0.3, 0.4) is 0 Å². The van der Waals surface area contributed by atoms with Crippen LogP contribution in [0.25, 0.3) is 0 Å². The lowest BCUT2D eigenvalue weighted by Crippen LogP contribution is -2.37. The molecule has 1 heterocycles. The van der Waals surface area contributed by atoms with Crippen LogP contribution in [0.5, 0.6) is 11.5 Å². The van der Waals surface area contributed by atoms with Crippen molar-refractivity contribution in [2.75, 3.05) is 26.8 Å². The highest BCUT2D eigenvalue weighted by Gasteiger charge is 2.16. The Morgan fingerprint density at radius 2 is 1.87 bits per heavy atom. The standard InChI is InChI=1S/C19H27NO3/c1-3-9-16-10-11-17(18(14-16)22-2)23-15-19(21)20-12-7-5-4-6-8-13-20/h3,10-11,14H,1,4-9,12-13,15H2,2H3. The Labute approximate surface area is 139 Å². The van der Waals surface area contributed by atoms with E-state index in [1.165, 1.54) is 19.3 Å². The molecule has 0 radical (unpaired) electrons. The monoisotopic (exact) mass is 317 g/mol. The number of benzene rings is 1. The van der Waals surface area contributed by atoms with Gasteiger partial charge in [0.05, 0.1) is 7.11 Å². The van der Waals surface area contributed by atoms with Crippen molar-refractivity contribution in [2.45, 2.75) is 38.5 Å². The number of nitrogens with zero attached hydrogens (tertiary/aromatic N) is 1. The van der Waals surface area contributed by atoms with E-state index in [2.05, 4.69) is 6.58 Å². The molecule has 2 rings (SSSR count). The molecule has 1 aromatic carbocycles. The number of carbonyl (C=O) groups is 1. The normalized spacial score (nSPS) is 15.4. The van der Waals surface area contributed by atoms with Crippen LogP contribution in [0.4, 0.5) is 0 Å². The van der Waals surface area contributed by atoms with E-state index < -0.39 is 0 Å². The zero-order chi connectivity index (χ0) is 16.5. The average Bonchev–Trinajstić information content (AvgIpc) is 2.53. The molecule has 23 heavy (non-hydrogen) atoms. The van der Waals surface area contributed by atoms with E-state index in [9.17, 15) is 4.79 Å². The number of likely N-dealkylation sites (tertiary alicyclic amines) is 1. The average molecular weight is 317 g/mol. The summed E-state index contributed by atoms with van der Waals surface area (Å²) in [5.74, 6) is 1.33. The van der Waals surface area contributed by atoms with Crippen LogP contribution in [-0.2, 0) is 11.2 Å². The van der Waals surface area contributed by atoms with Gasteiger partial charge in [0.25, 0.3) is 5.91 Å². The minimum Gasteiger partial charge on any atom is -0.493 e. The predicted octanol–water partition coefficient (Wildman–Crippen LogP) is 3.60. The summed E-state index contributed by atoms with van der Waals surface area (Å²) in [6.45, 7) is 5.49. The smallest absolute Gasteiger partial charge is 0.260 e. The molecule has 1 saturated heterocycles. The highest BCUT2D eigenvalue weighted by molar-refractivity contribution is 5.77. The number of allylic oxidation sites excluding steroid dienone is 1. The van der Waals surface area contributed by atoms with Crippen molar-refractivity contribution in [3.05, 3.63) is 36.4 Å². The summed E-state index contributed by atoms with van der Waals surface area (Å²) in [7, 11) is 1.61. The first-order chi connectivity index (χ1) is 11.2. The van der Waals surface area contributed by atoms with Crippen molar-refractivity contribution in [2.24, 2.45) is 0 Å². The molecule has 0 N–H and O–H groups in total. The predicted molar refractivity (Wildman–Crippen MR) is 92.1 cm³/mol. The van der Waals surface area contributed by atoms with Crippen LogP contribution in [0, 0.1) is 0 Å². The third-order valence-electron chi connectivity index (χ3n) is 4.17. The Morgan fingerprint density at radius 1 is 1.17 bits per heavy atom. The van der Waals surface area contributed by atoms with Crippen LogP contribution >= 0.6 is 0 Å². The molecular formula is C19H27NO3. The SMILES string of the molecule is C=CCc1ccc(OCC(=O)N2CCCCCCC2)c(OC)c1.